The Balaban J connectivity index is 1.61. The summed E-state index contributed by atoms with van der Waals surface area (Å²) in [5.41, 5.74) is 2.16. The summed E-state index contributed by atoms with van der Waals surface area (Å²) in [6.07, 6.45) is 3.27. The number of nitrogens with zero attached hydrogens (tertiary/aromatic N) is 1. The first kappa shape index (κ1) is 20.7. The fourth-order valence-electron chi connectivity index (χ4n) is 3.57. The summed E-state index contributed by atoms with van der Waals surface area (Å²) < 4.78 is 10.8. The van der Waals surface area contributed by atoms with Gasteiger partial charge in [-0.05, 0) is 69.0 Å². The average Bonchev–Trinajstić information content (AvgIpc) is 2.73. The molecule has 0 bridgehead atoms. The van der Waals surface area contributed by atoms with Gasteiger partial charge in [0, 0.05) is 23.8 Å². The minimum absolute atomic E-state index is 0.0534. The van der Waals surface area contributed by atoms with Gasteiger partial charge >= 0.3 is 0 Å². The van der Waals surface area contributed by atoms with Crippen molar-refractivity contribution in [1.82, 2.24) is 4.90 Å². The largest absolute Gasteiger partial charge is 0.493 e. The molecule has 154 valence electrons. The third-order valence-electron chi connectivity index (χ3n) is 5.24. The number of hydrogen-bond acceptors (Lipinski definition) is 4. The summed E-state index contributed by atoms with van der Waals surface area (Å²) in [7, 11) is 1.55. The van der Waals surface area contributed by atoms with Crippen LogP contribution in [0, 0.1) is 6.92 Å². The monoisotopic (exact) mass is 396 g/mol. The molecule has 1 unspecified atom stereocenters. The van der Waals surface area contributed by atoms with Crippen molar-refractivity contribution in [2.75, 3.05) is 25.6 Å². The van der Waals surface area contributed by atoms with Crippen LogP contribution in [0.3, 0.4) is 0 Å². The van der Waals surface area contributed by atoms with Crippen molar-refractivity contribution in [3.05, 3.63) is 53.6 Å². The number of ether oxygens (including phenoxy) is 2. The minimum atomic E-state index is -0.275. The maximum absolute atomic E-state index is 12.8. The number of rotatable bonds is 6. The summed E-state index contributed by atoms with van der Waals surface area (Å²) in [5, 5.41) is 2.84. The molecule has 0 saturated carbocycles. The Bertz CT molecular complexity index is 881. The topological polar surface area (TPSA) is 67.9 Å². The van der Waals surface area contributed by atoms with Gasteiger partial charge < -0.3 is 19.7 Å². The number of methoxy groups -OCH3 is 1. The van der Waals surface area contributed by atoms with E-state index in [1.165, 1.54) is 6.42 Å². The molecule has 6 heteroatoms. The summed E-state index contributed by atoms with van der Waals surface area (Å²) in [5.74, 6) is 0.866. The molecule has 0 aromatic heterocycles. The SMILES string of the molecule is COc1ccccc1OCC(=O)Nc1ccc(C(=O)N2CCCCC2C)cc1C. The van der Waals surface area contributed by atoms with E-state index in [1.54, 1.807) is 31.4 Å². The number of carbonyl (C=O) groups is 2. The molecular formula is C23H28N2O4. The molecule has 6 nitrogen and oxygen atoms in total. The zero-order valence-electron chi connectivity index (χ0n) is 17.2. The fourth-order valence-corrected chi connectivity index (χ4v) is 3.57. The number of aryl methyl sites for hydroxylation is 1. The lowest BCUT2D eigenvalue weighted by Gasteiger charge is -2.33. The van der Waals surface area contributed by atoms with Gasteiger partial charge in [-0.15, -0.1) is 0 Å². The van der Waals surface area contributed by atoms with Crippen LogP contribution in [0.5, 0.6) is 11.5 Å². The van der Waals surface area contributed by atoms with Gasteiger partial charge in [0.15, 0.2) is 18.1 Å². The van der Waals surface area contributed by atoms with E-state index in [0.29, 0.717) is 22.7 Å². The quantitative estimate of drug-likeness (QED) is 0.800. The molecule has 0 radical (unpaired) electrons. The lowest BCUT2D eigenvalue weighted by molar-refractivity contribution is -0.118. The summed E-state index contributed by atoms with van der Waals surface area (Å²) in [6, 6.07) is 12.8. The Morgan fingerprint density at radius 1 is 1.14 bits per heavy atom. The second kappa shape index (κ2) is 9.45. The first-order chi connectivity index (χ1) is 14.0. The molecule has 3 rings (SSSR count). The maximum Gasteiger partial charge on any atom is 0.262 e. The van der Waals surface area contributed by atoms with Crippen LogP contribution in [-0.2, 0) is 4.79 Å². The van der Waals surface area contributed by atoms with Crippen LogP contribution in [0.2, 0.25) is 0 Å². The van der Waals surface area contributed by atoms with E-state index in [2.05, 4.69) is 12.2 Å². The van der Waals surface area contributed by atoms with E-state index in [9.17, 15) is 9.59 Å². The highest BCUT2D eigenvalue weighted by Gasteiger charge is 2.24. The molecule has 1 atom stereocenters. The van der Waals surface area contributed by atoms with Gasteiger partial charge in [-0.25, -0.2) is 0 Å². The summed E-state index contributed by atoms with van der Waals surface area (Å²) in [4.78, 5) is 27.1. The van der Waals surface area contributed by atoms with Crippen molar-refractivity contribution in [2.45, 2.75) is 39.2 Å². The third-order valence-corrected chi connectivity index (χ3v) is 5.24. The van der Waals surface area contributed by atoms with Crippen molar-refractivity contribution in [3.8, 4) is 11.5 Å². The van der Waals surface area contributed by atoms with Gasteiger partial charge in [-0.1, -0.05) is 12.1 Å². The number of nitrogens with one attached hydrogen (secondary N) is 1. The Morgan fingerprint density at radius 2 is 1.90 bits per heavy atom. The van der Waals surface area contributed by atoms with Crippen LogP contribution in [0.4, 0.5) is 5.69 Å². The molecule has 0 spiro atoms. The molecule has 1 saturated heterocycles. The van der Waals surface area contributed by atoms with Gasteiger partial charge in [0.1, 0.15) is 0 Å². The molecule has 1 aliphatic rings. The summed E-state index contributed by atoms with van der Waals surface area (Å²) >= 11 is 0. The van der Waals surface area contributed by atoms with Gasteiger partial charge in [-0.2, -0.15) is 0 Å². The van der Waals surface area contributed by atoms with Crippen LogP contribution >= 0.6 is 0 Å². The zero-order valence-corrected chi connectivity index (χ0v) is 17.2. The average molecular weight is 396 g/mol. The Labute approximate surface area is 171 Å². The molecule has 29 heavy (non-hydrogen) atoms. The minimum Gasteiger partial charge on any atom is -0.493 e. The van der Waals surface area contributed by atoms with Crippen LogP contribution < -0.4 is 14.8 Å². The van der Waals surface area contributed by atoms with Crippen LogP contribution in [0.15, 0.2) is 42.5 Å². The number of hydrogen-bond donors (Lipinski definition) is 1. The van der Waals surface area contributed by atoms with E-state index < -0.39 is 0 Å². The van der Waals surface area contributed by atoms with E-state index in [0.717, 1.165) is 24.9 Å². The molecule has 2 aromatic rings. The molecule has 2 amide bonds. The van der Waals surface area contributed by atoms with E-state index in [4.69, 9.17) is 9.47 Å². The molecule has 1 heterocycles. The standard InChI is InChI=1S/C23H28N2O4/c1-16-14-18(23(27)25-13-7-6-8-17(25)2)11-12-19(16)24-22(26)15-29-21-10-5-4-9-20(21)28-3/h4-5,9-12,14,17H,6-8,13,15H2,1-3H3,(H,24,26). The second-order valence-electron chi connectivity index (χ2n) is 7.36. The van der Waals surface area contributed by atoms with Gasteiger partial charge in [0.05, 0.1) is 7.11 Å². The van der Waals surface area contributed by atoms with Crippen molar-refractivity contribution in [2.24, 2.45) is 0 Å². The number of likely N-dealkylation sites (tertiary alicyclic amines) is 1. The first-order valence-corrected chi connectivity index (χ1v) is 9.97. The van der Waals surface area contributed by atoms with E-state index in [-0.39, 0.29) is 24.5 Å². The van der Waals surface area contributed by atoms with E-state index >= 15 is 0 Å². The maximum atomic E-state index is 12.8. The molecule has 1 fully saturated rings. The fraction of sp³-hybridized carbons (Fsp3) is 0.391. The Hall–Kier alpha value is -3.02. The van der Waals surface area contributed by atoms with Crippen LogP contribution in [0.25, 0.3) is 0 Å². The predicted molar refractivity (Wildman–Crippen MR) is 113 cm³/mol. The predicted octanol–water partition coefficient (Wildman–Crippen LogP) is 4.04. The number of carbonyl (C=O) groups excluding carboxylic acids is 2. The first-order valence-electron chi connectivity index (χ1n) is 9.97. The number of piperidine rings is 1. The molecule has 1 aliphatic heterocycles. The van der Waals surface area contributed by atoms with Crippen molar-refractivity contribution < 1.29 is 19.1 Å². The Kier molecular flexibility index (Phi) is 6.75. The number of benzene rings is 2. The van der Waals surface area contributed by atoms with Gasteiger partial charge in [0.2, 0.25) is 0 Å². The summed E-state index contributed by atoms with van der Waals surface area (Å²) in [6.45, 7) is 4.65. The van der Waals surface area contributed by atoms with Crippen molar-refractivity contribution in [3.63, 3.8) is 0 Å². The smallest absolute Gasteiger partial charge is 0.262 e. The van der Waals surface area contributed by atoms with Crippen molar-refractivity contribution in [1.29, 1.82) is 0 Å². The molecular weight excluding hydrogens is 368 g/mol. The normalized spacial score (nSPS) is 16.2. The van der Waals surface area contributed by atoms with Crippen LogP contribution in [0.1, 0.15) is 42.1 Å². The molecule has 1 N–H and O–H groups in total. The zero-order chi connectivity index (χ0) is 20.8. The number of amides is 2. The molecule has 0 aliphatic carbocycles. The molecule has 2 aromatic carbocycles. The highest BCUT2D eigenvalue weighted by Crippen LogP contribution is 2.26. The van der Waals surface area contributed by atoms with Gasteiger partial charge in [-0.3, -0.25) is 9.59 Å². The van der Waals surface area contributed by atoms with Crippen molar-refractivity contribution >= 4 is 17.5 Å². The van der Waals surface area contributed by atoms with Gasteiger partial charge in [0.25, 0.3) is 11.8 Å². The van der Waals surface area contributed by atoms with E-state index in [1.807, 2.05) is 30.0 Å². The highest BCUT2D eigenvalue weighted by molar-refractivity contribution is 5.97. The number of anilines is 1. The Morgan fingerprint density at radius 3 is 2.59 bits per heavy atom. The highest BCUT2D eigenvalue weighted by atomic mass is 16.5. The lowest BCUT2D eigenvalue weighted by atomic mass is 10.0. The third kappa shape index (κ3) is 5.08. The second-order valence-corrected chi connectivity index (χ2v) is 7.36. The lowest BCUT2D eigenvalue weighted by Crippen LogP contribution is -2.42. The number of para-hydroxylation sites is 2. The van der Waals surface area contributed by atoms with Crippen LogP contribution in [-0.4, -0.2) is 43.0 Å².